The minimum atomic E-state index is -0.620. The number of carbonyl (C=O) groups is 1. The molecule has 0 aromatic heterocycles. The number of anilines is 1. The maximum atomic E-state index is 12.3. The molecule has 0 saturated heterocycles. The molecule has 1 aliphatic carbocycles. The number of aryl methyl sites for hydroxylation is 1. The summed E-state index contributed by atoms with van der Waals surface area (Å²) in [5, 5.41) is 3.54. The molecule has 1 atom stereocenters. The Labute approximate surface area is 159 Å². The van der Waals surface area contributed by atoms with Crippen molar-refractivity contribution in [2.24, 2.45) is 0 Å². The summed E-state index contributed by atoms with van der Waals surface area (Å²) < 4.78 is 11.6. The highest BCUT2D eigenvalue weighted by Crippen LogP contribution is 2.25. The molecule has 0 unspecified atom stereocenters. The lowest BCUT2D eigenvalue weighted by molar-refractivity contribution is -0.122. The molecule has 2 aromatic rings. The van der Waals surface area contributed by atoms with Gasteiger partial charge in [-0.15, -0.1) is 0 Å². The van der Waals surface area contributed by atoms with E-state index in [2.05, 4.69) is 5.32 Å². The van der Waals surface area contributed by atoms with Gasteiger partial charge in [-0.1, -0.05) is 11.6 Å². The molecule has 1 amide bonds. The lowest BCUT2D eigenvalue weighted by atomic mass is 10.2. The van der Waals surface area contributed by atoms with Crippen molar-refractivity contribution in [3.05, 3.63) is 53.1 Å². The molecule has 26 heavy (non-hydrogen) atoms. The van der Waals surface area contributed by atoms with Crippen LogP contribution in [0.4, 0.5) is 5.69 Å². The second-order valence-electron chi connectivity index (χ2n) is 6.71. The fourth-order valence-electron chi connectivity index (χ4n) is 3.01. The lowest BCUT2D eigenvalue weighted by Crippen LogP contribution is -2.30. The SMILES string of the molecule is Cc1cc(O[C@@H](C)C(=O)Nc2ccc(OC3CCCC3)cc2)ccc1Cl. The van der Waals surface area contributed by atoms with Crippen molar-refractivity contribution >= 4 is 23.2 Å². The number of hydrogen-bond acceptors (Lipinski definition) is 3. The fourth-order valence-corrected chi connectivity index (χ4v) is 3.13. The smallest absolute Gasteiger partial charge is 0.265 e. The molecule has 138 valence electrons. The number of nitrogens with one attached hydrogen (secondary N) is 1. The van der Waals surface area contributed by atoms with Gasteiger partial charge in [-0.2, -0.15) is 0 Å². The number of hydrogen-bond donors (Lipinski definition) is 1. The van der Waals surface area contributed by atoms with E-state index in [0.717, 1.165) is 29.8 Å². The summed E-state index contributed by atoms with van der Waals surface area (Å²) in [7, 11) is 0. The summed E-state index contributed by atoms with van der Waals surface area (Å²) in [5.74, 6) is 1.26. The largest absolute Gasteiger partial charge is 0.490 e. The van der Waals surface area contributed by atoms with Crippen molar-refractivity contribution in [3.63, 3.8) is 0 Å². The maximum Gasteiger partial charge on any atom is 0.265 e. The molecular weight excluding hydrogens is 350 g/mol. The van der Waals surface area contributed by atoms with Crippen LogP contribution in [-0.4, -0.2) is 18.1 Å². The van der Waals surface area contributed by atoms with Gasteiger partial charge in [0.2, 0.25) is 0 Å². The van der Waals surface area contributed by atoms with E-state index >= 15 is 0 Å². The molecule has 0 radical (unpaired) electrons. The van der Waals surface area contributed by atoms with Crippen molar-refractivity contribution in [2.45, 2.75) is 51.7 Å². The van der Waals surface area contributed by atoms with Crippen LogP contribution in [0.3, 0.4) is 0 Å². The summed E-state index contributed by atoms with van der Waals surface area (Å²) in [5.41, 5.74) is 1.63. The zero-order chi connectivity index (χ0) is 18.5. The molecule has 2 aromatic carbocycles. The predicted molar refractivity (Wildman–Crippen MR) is 104 cm³/mol. The normalized spacial score (nSPS) is 15.5. The van der Waals surface area contributed by atoms with Gasteiger partial charge in [-0.3, -0.25) is 4.79 Å². The molecule has 1 saturated carbocycles. The highest BCUT2D eigenvalue weighted by Gasteiger charge is 2.17. The topological polar surface area (TPSA) is 47.6 Å². The van der Waals surface area contributed by atoms with Crippen LogP contribution in [-0.2, 0) is 4.79 Å². The molecule has 0 bridgehead atoms. The van der Waals surface area contributed by atoms with Crippen LogP contribution in [0, 0.1) is 6.92 Å². The Morgan fingerprint density at radius 3 is 2.42 bits per heavy atom. The molecule has 0 spiro atoms. The molecule has 5 heteroatoms. The summed E-state index contributed by atoms with van der Waals surface area (Å²) in [4.78, 5) is 12.3. The Morgan fingerprint density at radius 1 is 1.12 bits per heavy atom. The van der Waals surface area contributed by atoms with Crippen LogP contribution in [0.25, 0.3) is 0 Å². The quantitative estimate of drug-likeness (QED) is 0.739. The molecule has 1 N–H and O–H groups in total. The molecular formula is C21H24ClNO3. The van der Waals surface area contributed by atoms with Gasteiger partial charge in [0.1, 0.15) is 11.5 Å². The first-order valence-corrected chi connectivity index (χ1v) is 9.39. The minimum Gasteiger partial charge on any atom is -0.490 e. The van der Waals surface area contributed by atoms with Gasteiger partial charge >= 0.3 is 0 Å². The standard InChI is InChI=1S/C21H24ClNO3/c1-14-13-19(11-12-20(14)22)25-15(2)21(24)23-16-7-9-18(10-8-16)26-17-5-3-4-6-17/h7-13,15,17H,3-6H2,1-2H3,(H,23,24)/t15-/m0/s1. The number of carbonyl (C=O) groups excluding carboxylic acids is 1. The van der Waals surface area contributed by atoms with Crippen molar-refractivity contribution in [3.8, 4) is 11.5 Å². The highest BCUT2D eigenvalue weighted by molar-refractivity contribution is 6.31. The van der Waals surface area contributed by atoms with Crippen molar-refractivity contribution in [1.82, 2.24) is 0 Å². The molecule has 1 fully saturated rings. The number of rotatable bonds is 6. The van der Waals surface area contributed by atoms with Crippen molar-refractivity contribution < 1.29 is 14.3 Å². The average molecular weight is 374 g/mol. The number of amides is 1. The molecule has 0 aliphatic heterocycles. The third kappa shape index (κ3) is 4.92. The molecule has 1 aliphatic rings. The summed E-state index contributed by atoms with van der Waals surface area (Å²) in [6.07, 6.45) is 4.43. The number of ether oxygens (including phenoxy) is 2. The summed E-state index contributed by atoms with van der Waals surface area (Å²) >= 11 is 6.01. The Kier molecular flexibility index (Phi) is 6.04. The van der Waals surface area contributed by atoms with Crippen LogP contribution in [0.1, 0.15) is 38.2 Å². The van der Waals surface area contributed by atoms with E-state index in [1.165, 1.54) is 12.8 Å². The predicted octanol–water partition coefficient (Wildman–Crippen LogP) is 5.38. The fraction of sp³-hybridized carbons (Fsp3) is 0.381. The third-order valence-corrected chi connectivity index (χ3v) is 4.96. The van der Waals surface area contributed by atoms with Crippen LogP contribution < -0.4 is 14.8 Å². The Balaban J connectivity index is 1.53. The first kappa shape index (κ1) is 18.6. The lowest BCUT2D eigenvalue weighted by Gasteiger charge is -2.16. The average Bonchev–Trinajstić information content (AvgIpc) is 3.13. The molecule has 0 heterocycles. The minimum absolute atomic E-state index is 0.206. The Bertz CT molecular complexity index is 754. The molecule has 3 rings (SSSR count). The van der Waals surface area contributed by atoms with Gasteiger partial charge in [0.05, 0.1) is 6.10 Å². The second kappa shape index (κ2) is 8.45. The first-order chi connectivity index (χ1) is 12.5. The Morgan fingerprint density at radius 2 is 1.77 bits per heavy atom. The van der Waals surface area contributed by atoms with Crippen LogP contribution >= 0.6 is 11.6 Å². The van der Waals surface area contributed by atoms with E-state index < -0.39 is 6.10 Å². The monoisotopic (exact) mass is 373 g/mol. The van der Waals surface area contributed by atoms with Crippen molar-refractivity contribution in [2.75, 3.05) is 5.32 Å². The van der Waals surface area contributed by atoms with Gasteiger partial charge in [0.25, 0.3) is 5.91 Å². The number of benzene rings is 2. The van der Waals surface area contributed by atoms with Crippen LogP contribution in [0.2, 0.25) is 5.02 Å². The third-order valence-electron chi connectivity index (χ3n) is 4.54. The van der Waals surface area contributed by atoms with Gasteiger partial charge in [-0.05, 0) is 87.6 Å². The second-order valence-corrected chi connectivity index (χ2v) is 7.12. The van der Waals surface area contributed by atoms with E-state index in [1.54, 1.807) is 19.1 Å². The van der Waals surface area contributed by atoms with Gasteiger partial charge in [0.15, 0.2) is 6.10 Å². The van der Waals surface area contributed by atoms with E-state index in [9.17, 15) is 4.79 Å². The zero-order valence-corrected chi connectivity index (χ0v) is 15.9. The summed E-state index contributed by atoms with van der Waals surface area (Å²) in [6.45, 7) is 3.62. The van der Waals surface area contributed by atoms with Gasteiger partial charge in [0, 0.05) is 10.7 Å². The van der Waals surface area contributed by atoms with Crippen LogP contribution in [0.15, 0.2) is 42.5 Å². The zero-order valence-electron chi connectivity index (χ0n) is 15.1. The maximum absolute atomic E-state index is 12.3. The van der Waals surface area contributed by atoms with E-state index in [1.807, 2.05) is 37.3 Å². The van der Waals surface area contributed by atoms with E-state index in [-0.39, 0.29) is 5.91 Å². The van der Waals surface area contributed by atoms with E-state index in [4.69, 9.17) is 21.1 Å². The van der Waals surface area contributed by atoms with Crippen molar-refractivity contribution in [1.29, 1.82) is 0 Å². The number of halogens is 1. The molecule has 4 nitrogen and oxygen atoms in total. The summed E-state index contributed by atoms with van der Waals surface area (Å²) in [6, 6.07) is 12.8. The van der Waals surface area contributed by atoms with Gasteiger partial charge in [-0.25, -0.2) is 0 Å². The Hall–Kier alpha value is -2.20. The highest BCUT2D eigenvalue weighted by atomic mass is 35.5. The van der Waals surface area contributed by atoms with Gasteiger partial charge < -0.3 is 14.8 Å². The van der Waals surface area contributed by atoms with Crippen LogP contribution in [0.5, 0.6) is 11.5 Å². The van der Waals surface area contributed by atoms with E-state index in [0.29, 0.717) is 16.9 Å². The first-order valence-electron chi connectivity index (χ1n) is 9.01.